The fourth-order valence-corrected chi connectivity index (χ4v) is 6.43. The molecule has 9 nitrogen and oxygen atoms in total. The van der Waals surface area contributed by atoms with Crippen molar-refractivity contribution in [1.82, 2.24) is 14.5 Å². The van der Waals surface area contributed by atoms with Gasteiger partial charge in [0.15, 0.2) is 0 Å². The lowest BCUT2D eigenvalue weighted by molar-refractivity contribution is 0.0130. The van der Waals surface area contributed by atoms with Crippen molar-refractivity contribution in [3.63, 3.8) is 0 Å². The van der Waals surface area contributed by atoms with Gasteiger partial charge in [-0.25, -0.2) is 9.59 Å². The number of carbonyl (C=O) groups is 1. The summed E-state index contributed by atoms with van der Waals surface area (Å²) in [6.45, 7) is 13.9. The van der Waals surface area contributed by atoms with Gasteiger partial charge in [-0.05, 0) is 53.2 Å². The zero-order valence-corrected chi connectivity index (χ0v) is 24.2. The van der Waals surface area contributed by atoms with Gasteiger partial charge in [0.05, 0.1) is 41.3 Å². The number of hydrogen-bond donors (Lipinski definition) is 0. The zero-order chi connectivity index (χ0) is 27.1. The van der Waals surface area contributed by atoms with Crippen molar-refractivity contribution in [2.45, 2.75) is 70.2 Å². The molecule has 2 aliphatic rings. The highest BCUT2D eigenvalue weighted by molar-refractivity contribution is 7.99. The molecule has 1 saturated heterocycles. The standard InChI is InChI=1S/C26H37ClN4O5S/c1-15-10-19-21-22(20(15)27)37-14-18(13-35-9-8-34-7)31(21)24(32)28-23(19)29-11-17(3)30(12-16(29)2)25(33)36-26(4,5)6/h10,16-18H,8-9,11-14H2,1-7H3/t16-,17+,18-/m0/s1. The Morgan fingerprint density at radius 1 is 1.22 bits per heavy atom. The van der Waals surface area contributed by atoms with E-state index in [0.29, 0.717) is 49.5 Å². The summed E-state index contributed by atoms with van der Waals surface area (Å²) in [6.07, 6.45) is -0.327. The van der Waals surface area contributed by atoms with Crippen LogP contribution in [-0.2, 0) is 14.2 Å². The summed E-state index contributed by atoms with van der Waals surface area (Å²) in [7, 11) is 1.63. The number of anilines is 1. The minimum Gasteiger partial charge on any atom is -0.444 e. The maximum Gasteiger partial charge on any atom is 0.410 e. The Hall–Kier alpha value is -2.01. The number of aryl methyl sites for hydroxylation is 1. The number of halogens is 1. The number of thioether (sulfide) groups is 1. The summed E-state index contributed by atoms with van der Waals surface area (Å²) >= 11 is 8.39. The van der Waals surface area contributed by atoms with Crippen LogP contribution in [0, 0.1) is 6.92 Å². The second kappa shape index (κ2) is 11.0. The molecule has 37 heavy (non-hydrogen) atoms. The van der Waals surface area contributed by atoms with Crippen molar-refractivity contribution in [2.24, 2.45) is 0 Å². The number of methoxy groups -OCH3 is 1. The van der Waals surface area contributed by atoms with E-state index in [1.165, 1.54) is 0 Å². The van der Waals surface area contributed by atoms with Gasteiger partial charge < -0.3 is 24.0 Å². The highest BCUT2D eigenvalue weighted by Crippen LogP contribution is 2.44. The highest BCUT2D eigenvalue weighted by atomic mass is 35.5. The molecular formula is C26H37ClN4O5S. The van der Waals surface area contributed by atoms with Gasteiger partial charge in [0.1, 0.15) is 11.4 Å². The Balaban J connectivity index is 1.73. The molecule has 0 unspecified atom stereocenters. The maximum atomic E-state index is 13.5. The molecule has 2 aromatic rings. The second-order valence-electron chi connectivity index (χ2n) is 10.8. The molecular weight excluding hydrogens is 516 g/mol. The number of carbonyl (C=O) groups excluding carboxylic acids is 1. The fourth-order valence-electron chi connectivity index (χ4n) is 4.89. The molecule has 204 valence electrons. The Bertz CT molecular complexity index is 1230. The van der Waals surface area contributed by atoms with Crippen molar-refractivity contribution >= 4 is 46.2 Å². The SMILES string of the molecule is COCCOC[C@H]1CSc2c(Cl)c(C)cc3c(N4C[C@@H](C)N(C(=O)OC(C)(C)C)C[C@@H]4C)nc(=O)n1c23. The smallest absolute Gasteiger partial charge is 0.410 e. The number of nitrogens with zero attached hydrogens (tertiary/aromatic N) is 4. The molecule has 1 fully saturated rings. The van der Waals surface area contributed by atoms with Crippen LogP contribution in [-0.4, -0.2) is 84.0 Å². The molecule has 0 radical (unpaired) electrons. The van der Waals surface area contributed by atoms with Crippen LogP contribution in [0.25, 0.3) is 10.9 Å². The molecule has 0 N–H and O–H groups in total. The lowest BCUT2D eigenvalue weighted by Crippen LogP contribution is -2.59. The van der Waals surface area contributed by atoms with Gasteiger partial charge in [0.25, 0.3) is 0 Å². The van der Waals surface area contributed by atoms with Crippen LogP contribution in [0.2, 0.25) is 5.02 Å². The molecule has 1 aromatic carbocycles. The largest absolute Gasteiger partial charge is 0.444 e. The van der Waals surface area contributed by atoms with E-state index in [9.17, 15) is 9.59 Å². The molecule has 0 aliphatic carbocycles. The first-order valence-corrected chi connectivity index (χ1v) is 14.0. The van der Waals surface area contributed by atoms with Crippen LogP contribution in [0.5, 0.6) is 0 Å². The summed E-state index contributed by atoms with van der Waals surface area (Å²) in [5.41, 5.74) is 0.852. The third-order valence-electron chi connectivity index (χ3n) is 6.68. The molecule has 0 bridgehead atoms. The topological polar surface area (TPSA) is 86.1 Å². The minimum absolute atomic E-state index is 0.0714. The van der Waals surface area contributed by atoms with E-state index in [1.54, 1.807) is 28.3 Å². The van der Waals surface area contributed by atoms with Crippen molar-refractivity contribution in [3.8, 4) is 0 Å². The van der Waals surface area contributed by atoms with Gasteiger partial charge in [0.2, 0.25) is 0 Å². The molecule has 3 atom stereocenters. The van der Waals surface area contributed by atoms with Gasteiger partial charge in [-0.3, -0.25) is 4.57 Å². The Labute approximate surface area is 227 Å². The average Bonchev–Trinajstić information content (AvgIpc) is 2.82. The predicted octanol–water partition coefficient (Wildman–Crippen LogP) is 4.50. The molecule has 0 spiro atoms. The first-order chi connectivity index (χ1) is 17.4. The van der Waals surface area contributed by atoms with E-state index in [4.69, 9.17) is 25.8 Å². The van der Waals surface area contributed by atoms with E-state index in [0.717, 1.165) is 21.4 Å². The fraction of sp³-hybridized carbons (Fsp3) is 0.654. The van der Waals surface area contributed by atoms with Crippen LogP contribution in [0.3, 0.4) is 0 Å². The van der Waals surface area contributed by atoms with Gasteiger partial charge in [-0.2, -0.15) is 4.98 Å². The number of amides is 1. The summed E-state index contributed by atoms with van der Waals surface area (Å²) < 4.78 is 18.2. The van der Waals surface area contributed by atoms with Crippen molar-refractivity contribution in [1.29, 1.82) is 0 Å². The minimum atomic E-state index is -0.568. The number of aromatic nitrogens is 2. The number of hydrogen-bond acceptors (Lipinski definition) is 8. The number of piperazine rings is 1. The van der Waals surface area contributed by atoms with E-state index in [1.807, 2.05) is 47.6 Å². The maximum absolute atomic E-state index is 13.5. The molecule has 11 heteroatoms. The molecule has 0 saturated carbocycles. The van der Waals surface area contributed by atoms with E-state index in [-0.39, 0.29) is 29.9 Å². The first kappa shape index (κ1) is 28.0. The summed E-state index contributed by atoms with van der Waals surface area (Å²) in [6, 6.07) is 1.66. The van der Waals surface area contributed by atoms with Crippen molar-refractivity contribution in [3.05, 3.63) is 27.1 Å². The predicted molar refractivity (Wildman–Crippen MR) is 147 cm³/mol. The first-order valence-electron chi connectivity index (χ1n) is 12.6. The lowest BCUT2D eigenvalue weighted by atomic mass is 10.1. The van der Waals surface area contributed by atoms with Gasteiger partial charge >= 0.3 is 11.8 Å². The second-order valence-corrected chi connectivity index (χ2v) is 12.2. The van der Waals surface area contributed by atoms with Crippen LogP contribution < -0.4 is 10.6 Å². The molecule has 2 aliphatic heterocycles. The zero-order valence-electron chi connectivity index (χ0n) is 22.7. The molecule has 3 heterocycles. The van der Waals surface area contributed by atoms with Gasteiger partial charge in [0, 0.05) is 43.4 Å². The number of benzene rings is 1. The number of rotatable bonds is 6. The average molecular weight is 553 g/mol. The van der Waals surface area contributed by atoms with Crippen molar-refractivity contribution < 1.29 is 19.0 Å². The Morgan fingerprint density at radius 2 is 1.95 bits per heavy atom. The van der Waals surface area contributed by atoms with Crippen LogP contribution in [0.15, 0.2) is 15.8 Å². The van der Waals surface area contributed by atoms with Crippen LogP contribution >= 0.6 is 23.4 Å². The summed E-state index contributed by atoms with van der Waals surface area (Å²) in [5.74, 6) is 1.29. The third kappa shape index (κ3) is 5.72. The Kier molecular flexibility index (Phi) is 8.33. The summed E-state index contributed by atoms with van der Waals surface area (Å²) in [5, 5.41) is 1.55. The van der Waals surface area contributed by atoms with E-state index in [2.05, 4.69) is 9.88 Å². The lowest BCUT2D eigenvalue weighted by Gasteiger charge is -2.45. The van der Waals surface area contributed by atoms with E-state index >= 15 is 0 Å². The van der Waals surface area contributed by atoms with Crippen LogP contribution in [0.1, 0.15) is 46.2 Å². The quantitative estimate of drug-likeness (QED) is 0.484. The van der Waals surface area contributed by atoms with Crippen LogP contribution in [0.4, 0.5) is 10.6 Å². The van der Waals surface area contributed by atoms with Gasteiger partial charge in [-0.15, -0.1) is 11.8 Å². The highest BCUT2D eigenvalue weighted by Gasteiger charge is 2.37. The van der Waals surface area contributed by atoms with Crippen molar-refractivity contribution in [2.75, 3.05) is 50.7 Å². The molecule has 1 aromatic heterocycles. The molecule has 4 rings (SSSR count). The van der Waals surface area contributed by atoms with Gasteiger partial charge in [-0.1, -0.05) is 11.6 Å². The monoisotopic (exact) mass is 552 g/mol. The summed E-state index contributed by atoms with van der Waals surface area (Å²) in [4.78, 5) is 35.8. The van der Waals surface area contributed by atoms with E-state index < -0.39 is 5.60 Å². The number of ether oxygens (including phenoxy) is 3. The third-order valence-corrected chi connectivity index (χ3v) is 8.52. The Morgan fingerprint density at radius 3 is 2.62 bits per heavy atom. The molecule has 1 amide bonds. The normalized spacial score (nSPS) is 22.0.